The van der Waals surface area contributed by atoms with Crippen molar-refractivity contribution in [3.63, 3.8) is 0 Å². The molecule has 5 heteroatoms. The van der Waals surface area contributed by atoms with E-state index in [4.69, 9.17) is 0 Å². The number of urea groups is 1. The van der Waals surface area contributed by atoms with Crippen molar-refractivity contribution < 1.29 is 9.59 Å². The highest BCUT2D eigenvalue weighted by Crippen LogP contribution is 2.23. The van der Waals surface area contributed by atoms with Crippen molar-refractivity contribution in [2.75, 3.05) is 13.6 Å². The van der Waals surface area contributed by atoms with Gasteiger partial charge in [-0.05, 0) is 41.9 Å². The lowest BCUT2D eigenvalue weighted by atomic mass is 10.0. The number of nitrogens with one attached hydrogen (secondary N) is 2. The Hall–Kier alpha value is -3.18. The van der Waals surface area contributed by atoms with Crippen LogP contribution in [0.25, 0.3) is 10.8 Å². The number of rotatable bonds is 6. The summed E-state index contributed by atoms with van der Waals surface area (Å²) >= 11 is 0. The van der Waals surface area contributed by atoms with Gasteiger partial charge in [0.1, 0.15) is 6.04 Å². The van der Waals surface area contributed by atoms with Gasteiger partial charge in [0, 0.05) is 13.1 Å². The minimum absolute atomic E-state index is 0.347. The average molecular weight is 375 g/mol. The van der Waals surface area contributed by atoms with Crippen LogP contribution in [0.3, 0.4) is 0 Å². The maximum Gasteiger partial charge on any atom is 0.321 e. The third-order valence-corrected chi connectivity index (χ3v) is 4.62. The van der Waals surface area contributed by atoms with Crippen molar-refractivity contribution in [1.82, 2.24) is 15.5 Å². The number of amides is 3. The zero-order valence-electron chi connectivity index (χ0n) is 16.2. The van der Waals surface area contributed by atoms with Gasteiger partial charge in [0.25, 0.3) is 0 Å². The van der Waals surface area contributed by atoms with Crippen LogP contribution < -0.4 is 10.6 Å². The third kappa shape index (κ3) is 4.75. The minimum atomic E-state index is -0.574. The molecule has 28 heavy (non-hydrogen) atoms. The van der Waals surface area contributed by atoms with E-state index in [1.807, 2.05) is 61.3 Å². The Morgan fingerprint density at radius 2 is 1.61 bits per heavy atom. The highest BCUT2D eigenvalue weighted by Gasteiger charge is 2.26. The summed E-state index contributed by atoms with van der Waals surface area (Å²) in [5, 5.41) is 7.39. The van der Waals surface area contributed by atoms with Crippen molar-refractivity contribution in [2.45, 2.75) is 19.5 Å². The second-order valence-electron chi connectivity index (χ2n) is 6.76. The van der Waals surface area contributed by atoms with Gasteiger partial charge in [-0.25, -0.2) is 4.79 Å². The topological polar surface area (TPSA) is 61.4 Å². The lowest BCUT2D eigenvalue weighted by molar-refractivity contribution is -0.125. The SMILES string of the molecule is CCNC(=O)NC(=O)C(c1ccccc1)N(C)Cc1ccc2ccccc2c1. The molecule has 0 aliphatic rings. The highest BCUT2D eigenvalue weighted by atomic mass is 16.2. The van der Waals surface area contributed by atoms with Gasteiger partial charge in [0.05, 0.1) is 0 Å². The first-order valence-electron chi connectivity index (χ1n) is 9.40. The van der Waals surface area contributed by atoms with Crippen LogP contribution in [0.2, 0.25) is 0 Å². The van der Waals surface area contributed by atoms with Crippen molar-refractivity contribution in [3.05, 3.63) is 83.9 Å². The first-order valence-corrected chi connectivity index (χ1v) is 9.40. The summed E-state index contributed by atoms with van der Waals surface area (Å²) in [6, 6.07) is 22.9. The maximum atomic E-state index is 12.9. The normalized spacial score (nSPS) is 12.0. The zero-order chi connectivity index (χ0) is 19.9. The maximum absolute atomic E-state index is 12.9. The lowest BCUT2D eigenvalue weighted by Gasteiger charge is -2.27. The molecule has 0 aromatic heterocycles. The molecule has 0 fully saturated rings. The van der Waals surface area contributed by atoms with E-state index >= 15 is 0 Å². The number of carbonyl (C=O) groups is 2. The number of benzene rings is 3. The van der Waals surface area contributed by atoms with Gasteiger partial charge >= 0.3 is 6.03 Å². The van der Waals surface area contributed by atoms with Crippen LogP contribution in [0.1, 0.15) is 24.1 Å². The fourth-order valence-corrected chi connectivity index (χ4v) is 3.34. The minimum Gasteiger partial charge on any atom is -0.338 e. The Bertz CT molecular complexity index is 956. The van der Waals surface area contributed by atoms with Crippen molar-refractivity contribution in [1.29, 1.82) is 0 Å². The van der Waals surface area contributed by atoms with Crippen LogP contribution >= 0.6 is 0 Å². The molecule has 144 valence electrons. The lowest BCUT2D eigenvalue weighted by Crippen LogP contribution is -2.45. The Morgan fingerprint density at radius 1 is 0.929 bits per heavy atom. The average Bonchev–Trinajstić information content (AvgIpc) is 2.69. The Morgan fingerprint density at radius 3 is 2.32 bits per heavy atom. The van der Waals surface area contributed by atoms with E-state index in [-0.39, 0.29) is 5.91 Å². The van der Waals surface area contributed by atoms with Gasteiger partial charge < -0.3 is 5.32 Å². The van der Waals surface area contributed by atoms with Crippen LogP contribution in [0, 0.1) is 0 Å². The third-order valence-electron chi connectivity index (χ3n) is 4.62. The van der Waals surface area contributed by atoms with Gasteiger partial charge in [-0.15, -0.1) is 0 Å². The van der Waals surface area contributed by atoms with Crippen LogP contribution in [-0.4, -0.2) is 30.4 Å². The van der Waals surface area contributed by atoms with Gasteiger partial charge in [0.15, 0.2) is 0 Å². The van der Waals surface area contributed by atoms with Crippen molar-refractivity contribution >= 4 is 22.7 Å². The zero-order valence-corrected chi connectivity index (χ0v) is 16.2. The van der Waals surface area contributed by atoms with Crippen LogP contribution in [0.4, 0.5) is 4.79 Å². The van der Waals surface area contributed by atoms with E-state index in [0.717, 1.165) is 16.5 Å². The van der Waals surface area contributed by atoms with Crippen molar-refractivity contribution in [3.8, 4) is 0 Å². The standard InChI is InChI=1S/C23H25N3O2/c1-3-24-23(28)25-22(27)21(19-10-5-4-6-11-19)26(2)16-17-13-14-18-9-7-8-12-20(18)15-17/h4-15,21H,3,16H2,1-2H3,(H2,24,25,27,28). The molecule has 0 spiro atoms. The molecule has 0 saturated heterocycles. The number of imide groups is 1. The highest BCUT2D eigenvalue weighted by molar-refractivity contribution is 5.97. The second kappa shape index (κ2) is 9.15. The van der Waals surface area contributed by atoms with Gasteiger partial charge in [0.2, 0.25) is 5.91 Å². The molecule has 3 aromatic carbocycles. The Labute approximate surface area is 165 Å². The summed E-state index contributed by atoms with van der Waals surface area (Å²) in [5.74, 6) is -0.347. The molecule has 0 heterocycles. The van der Waals surface area contributed by atoms with Crippen LogP contribution in [0.15, 0.2) is 72.8 Å². The molecule has 0 aliphatic heterocycles. The van der Waals surface area contributed by atoms with E-state index in [0.29, 0.717) is 13.1 Å². The fourth-order valence-electron chi connectivity index (χ4n) is 3.34. The molecular weight excluding hydrogens is 350 g/mol. The predicted molar refractivity (Wildman–Crippen MR) is 112 cm³/mol. The van der Waals surface area contributed by atoms with E-state index in [1.54, 1.807) is 0 Å². The number of hydrogen-bond donors (Lipinski definition) is 2. The quantitative estimate of drug-likeness (QED) is 0.688. The Balaban J connectivity index is 1.83. The summed E-state index contributed by atoms with van der Waals surface area (Å²) in [6.07, 6.45) is 0. The molecule has 0 aliphatic carbocycles. The molecule has 3 rings (SSSR count). The predicted octanol–water partition coefficient (Wildman–Crippen LogP) is 3.86. The number of hydrogen-bond acceptors (Lipinski definition) is 3. The van der Waals surface area contributed by atoms with Crippen LogP contribution in [-0.2, 0) is 11.3 Å². The van der Waals surface area contributed by atoms with Gasteiger partial charge in [-0.3, -0.25) is 15.0 Å². The van der Waals surface area contributed by atoms with E-state index in [1.165, 1.54) is 5.39 Å². The number of nitrogens with zero attached hydrogens (tertiary/aromatic N) is 1. The summed E-state index contributed by atoms with van der Waals surface area (Å²) in [4.78, 5) is 26.7. The van der Waals surface area contributed by atoms with E-state index in [2.05, 4.69) is 41.0 Å². The number of fused-ring (bicyclic) bond motifs is 1. The van der Waals surface area contributed by atoms with Gasteiger partial charge in [-0.2, -0.15) is 0 Å². The molecule has 3 amide bonds. The van der Waals surface area contributed by atoms with E-state index < -0.39 is 12.1 Å². The summed E-state index contributed by atoms with van der Waals surface area (Å²) in [5.41, 5.74) is 1.94. The summed E-state index contributed by atoms with van der Waals surface area (Å²) in [7, 11) is 1.89. The second-order valence-corrected chi connectivity index (χ2v) is 6.76. The molecule has 5 nitrogen and oxygen atoms in total. The number of carbonyl (C=O) groups excluding carboxylic acids is 2. The largest absolute Gasteiger partial charge is 0.338 e. The van der Waals surface area contributed by atoms with Gasteiger partial charge in [-0.1, -0.05) is 66.7 Å². The molecule has 1 unspecified atom stereocenters. The fraction of sp³-hybridized carbons (Fsp3) is 0.217. The first-order chi connectivity index (χ1) is 13.6. The summed E-state index contributed by atoms with van der Waals surface area (Å²) < 4.78 is 0. The molecule has 0 saturated carbocycles. The smallest absolute Gasteiger partial charge is 0.321 e. The van der Waals surface area contributed by atoms with Crippen molar-refractivity contribution in [2.24, 2.45) is 0 Å². The van der Waals surface area contributed by atoms with E-state index in [9.17, 15) is 9.59 Å². The number of likely N-dealkylation sites (N-methyl/N-ethyl adjacent to an activating group) is 1. The molecule has 0 radical (unpaired) electrons. The molecule has 2 N–H and O–H groups in total. The van der Waals surface area contributed by atoms with Crippen LogP contribution in [0.5, 0.6) is 0 Å². The molecular formula is C23H25N3O2. The first kappa shape index (κ1) is 19.6. The molecule has 0 bridgehead atoms. The molecule has 1 atom stereocenters. The molecule has 3 aromatic rings. The summed E-state index contributed by atoms with van der Waals surface area (Å²) in [6.45, 7) is 2.85. The monoisotopic (exact) mass is 375 g/mol. The Kier molecular flexibility index (Phi) is 6.40.